The van der Waals surface area contributed by atoms with Crippen molar-refractivity contribution >= 4 is 6.09 Å². The average Bonchev–Trinajstić information content (AvgIpc) is 2.61. The van der Waals surface area contributed by atoms with Gasteiger partial charge in [0.1, 0.15) is 5.82 Å². The first-order chi connectivity index (χ1) is 12.7. The fourth-order valence-electron chi connectivity index (χ4n) is 2.54. The van der Waals surface area contributed by atoms with Gasteiger partial charge in [0.05, 0.1) is 24.3 Å². The van der Waals surface area contributed by atoms with Crippen molar-refractivity contribution in [2.45, 2.75) is 31.7 Å². The Hall–Kier alpha value is -2.61. The third-order valence-electron chi connectivity index (χ3n) is 3.91. The molecule has 0 fully saturated rings. The number of aliphatic hydroxyl groups is 1. The van der Waals surface area contributed by atoms with Crippen LogP contribution in [0.1, 0.15) is 29.7 Å². The van der Waals surface area contributed by atoms with Gasteiger partial charge >= 0.3 is 12.3 Å². The molecule has 2 aromatic rings. The number of carbonyl (C=O) groups excluding carboxylic acids is 1. The van der Waals surface area contributed by atoms with E-state index in [0.717, 1.165) is 24.3 Å². The molecular formula is C19H19F4NO3. The normalized spacial score (nSPS) is 13.7. The van der Waals surface area contributed by atoms with Crippen LogP contribution in [0.4, 0.5) is 22.4 Å². The first kappa shape index (κ1) is 20.7. The Morgan fingerprint density at radius 1 is 1.11 bits per heavy atom. The highest BCUT2D eigenvalue weighted by Gasteiger charge is 2.30. The number of aliphatic hydroxyl groups excluding tert-OH is 1. The minimum atomic E-state index is -4.45. The van der Waals surface area contributed by atoms with Crippen molar-refractivity contribution in [2.24, 2.45) is 0 Å². The number of hydrogen-bond donors (Lipinski definition) is 2. The maximum absolute atomic E-state index is 13.1. The summed E-state index contributed by atoms with van der Waals surface area (Å²) in [6.07, 6.45) is -6.38. The molecule has 4 nitrogen and oxygen atoms in total. The summed E-state index contributed by atoms with van der Waals surface area (Å²) >= 11 is 0. The molecule has 0 bridgehead atoms. The predicted octanol–water partition coefficient (Wildman–Crippen LogP) is 4.24. The van der Waals surface area contributed by atoms with Crippen LogP contribution in [0.25, 0.3) is 0 Å². The predicted molar refractivity (Wildman–Crippen MR) is 90.5 cm³/mol. The lowest BCUT2D eigenvalue weighted by Crippen LogP contribution is -2.41. The van der Waals surface area contributed by atoms with Crippen LogP contribution in [-0.2, 0) is 17.3 Å². The van der Waals surface area contributed by atoms with Crippen molar-refractivity contribution in [1.29, 1.82) is 0 Å². The molecule has 0 aliphatic carbocycles. The Balaban J connectivity index is 2.21. The van der Waals surface area contributed by atoms with E-state index in [2.05, 4.69) is 5.32 Å². The lowest BCUT2D eigenvalue weighted by molar-refractivity contribution is -0.137. The number of hydrogen-bond acceptors (Lipinski definition) is 3. The Bertz CT molecular complexity index is 745. The molecule has 146 valence electrons. The summed E-state index contributed by atoms with van der Waals surface area (Å²) in [5.41, 5.74) is 0.0382. The van der Waals surface area contributed by atoms with Crippen LogP contribution in [-0.4, -0.2) is 23.8 Å². The van der Waals surface area contributed by atoms with Gasteiger partial charge in [-0.1, -0.05) is 24.3 Å². The molecule has 2 atom stereocenters. The lowest BCUT2D eigenvalue weighted by atomic mass is 9.95. The minimum absolute atomic E-state index is 0.0511. The molecule has 0 aliphatic heterocycles. The van der Waals surface area contributed by atoms with Crippen LogP contribution in [0.5, 0.6) is 0 Å². The Kier molecular flexibility index (Phi) is 6.79. The zero-order chi connectivity index (χ0) is 20.0. The summed E-state index contributed by atoms with van der Waals surface area (Å²) in [7, 11) is 0. The van der Waals surface area contributed by atoms with Crippen LogP contribution < -0.4 is 5.32 Å². The molecule has 0 aliphatic rings. The quantitative estimate of drug-likeness (QED) is 0.732. The van der Waals surface area contributed by atoms with Gasteiger partial charge in [-0.3, -0.25) is 0 Å². The number of nitrogens with one attached hydrogen (secondary N) is 1. The average molecular weight is 385 g/mol. The number of amides is 1. The number of alkyl carbamates (subject to hydrolysis) is 1. The van der Waals surface area contributed by atoms with Gasteiger partial charge in [-0.2, -0.15) is 13.2 Å². The Morgan fingerprint density at radius 2 is 1.70 bits per heavy atom. The van der Waals surface area contributed by atoms with Crippen LogP contribution in [0.15, 0.2) is 48.5 Å². The molecule has 0 heterocycles. The molecule has 0 radical (unpaired) electrons. The fraction of sp³-hybridized carbons (Fsp3) is 0.316. The topological polar surface area (TPSA) is 58.6 Å². The van der Waals surface area contributed by atoms with Crippen LogP contribution >= 0.6 is 0 Å². The molecule has 27 heavy (non-hydrogen) atoms. The highest BCUT2D eigenvalue weighted by molar-refractivity contribution is 5.67. The number of halogens is 4. The molecule has 8 heteroatoms. The molecule has 2 aromatic carbocycles. The molecule has 2 unspecified atom stereocenters. The summed E-state index contributed by atoms with van der Waals surface area (Å²) in [6, 6.07) is 8.60. The summed E-state index contributed by atoms with van der Waals surface area (Å²) in [5, 5.41) is 13.1. The van der Waals surface area contributed by atoms with Crippen LogP contribution in [0.3, 0.4) is 0 Å². The van der Waals surface area contributed by atoms with E-state index in [1.165, 1.54) is 24.3 Å². The molecular weight excluding hydrogens is 366 g/mol. The van der Waals surface area contributed by atoms with Crippen molar-refractivity contribution in [3.63, 3.8) is 0 Å². The second-order valence-electron chi connectivity index (χ2n) is 5.87. The molecule has 2 rings (SSSR count). The van der Waals surface area contributed by atoms with E-state index in [4.69, 9.17) is 4.74 Å². The van der Waals surface area contributed by atoms with Crippen LogP contribution in [0.2, 0.25) is 0 Å². The summed E-state index contributed by atoms with van der Waals surface area (Å²) in [5.74, 6) is -0.483. The summed E-state index contributed by atoms with van der Waals surface area (Å²) < 4.78 is 55.9. The van der Waals surface area contributed by atoms with E-state index in [1.54, 1.807) is 6.92 Å². The largest absolute Gasteiger partial charge is 0.450 e. The van der Waals surface area contributed by atoms with Gasteiger partial charge in [0, 0.05) is 0 Å². The summed E-state index contributed by atoms with van der Waals surface area (Å²) in [4.78, 5) is 11.8. The van der Waals surface area contributed by atoms with Gasteiger partial charge in [-0.15, -0.1) is 0 Å². The molecule has 0 spiro atoms. The lowest BCUT2D eigenvalue weighted by Gasteiger charge is -2.24. The fourth-order valence-corrected chi connectivity index (χ4v) is 2.54. The van der Waals surface area contributed by atoms with Gasteiger partial charge in [0.15, 0.2) is 0 Å². The molecule has 1 amide bonds. The monoisotopic (exact) mass is 385 g/mol. The number of rotatable bonds is 6. The van der Waals surface area contributed by atoms with E-state index >= 15 is 0 Å². The zero-order valence-corrected chi connectivity index (χ0v) is 14.5. The Morgan fingerprint density at radius 3 is 2.22 bits per heavy atom. The third-order valence-corrected chi connectivity index (χ3v) is 3.91. The van der Waals surface area contributed by atoms with Gasteiger partial charge in [-0.25, -0.2) is 9.18 Å². The van der Waals surface area contributed by atoms with Crippen molar-refractivity contribution in [3.8, 4) is 0 Å². The first-order valence-corrected chi connectivity index (χ1v) is 8.23. The molecule has 0 aromatic heterocycles. The van der Waals surface area contributed by atoms with Crippen LogP contribution in [0, 0.1) is 5.82 Å². The van der Waals surface area contributed by atoms with Crippen molar-refractivity contribution in [1.82, 2.24) is 5.32 Å². The maximum atomic E-state index is 13.1. The van der Waals surface area contributed by atoms with Crippen molar-refractivity contribution < 1.29 is 32.2 Å². The second kappa shape index (κ2) is 8.85. The van der Waals surface area contributed by atoms with Gasteiger partial charge in [0.25, 0.3) is 0 Å². The zero-order valence-electron chi connectivity index (χ0n) is 14.5. The van der Waals surface area contributed by atoms with E-state index in [0.29, 0.717) is 11.1 Å². The second-order valence-corrected chi connectivity index (χ2v) is 5.87. The highest BCUT2D eigenvalue weighted by Crippen LogP contribution is 2.29. The van der Waals surface area contributed by atoms with Crippen molar-refractivity contribution in [3.05, 3.63) is 71.0 Å². The first-order valence-electron chi connectivity index (χ1n) is 8.23. The maximum Gasteiger partial charge on any atom is 0.416 e. The van der Waals surface area contributed by atoms with Crippen molar-refractivity contribution in [2.75, 3.05) is 6.61 Å². The number of benzene rings is 2. The molecule has 0 saturated carbocycles. The van der Waals surface area contributed by atoms with Gasteiger partial charge < -0.3 is 15.2 Å². The highest BCUT2D eigenvalue weighted by atomic mass is 19.4. The molecule has 2 N–H and O–H groups in total. The minimum Gasteiger partial charge on any atom is -0.450 e. The van der Waals surface area contributed by atoms with Gasteiger partial charge in [-0.05, 0) is 48.7 Å². The summed E-state index contributed by atoms with van der Waals surface area (Å²) in [6.45, 7) is 1.73. The third kappa shape index (κ3) is 5.96. The standard InChI is InChI=1S/C19H19F4NO3/c1-2-27-18(26)24-16(17(25)13-5-9-15(20)10-6-13)11-12-3-7-14(8-4-12)19(21,22)23/h3-10,16-17,25H,2,11H2,1H3,(H,24,26). The smallest absolute Gasteiger partial charge is 0.416 e. The van der Waals surface area contributed by atoms with E-state index in [1.807, 2.05) is 0 Å². The Labute approximate surface area is 153 Å². The van der Waals surface area contributed by atoms with Gasteiger partial charge in [0.2, 0.25) is 0 Å². The number of alkyl halides is 3. The number of ether oxygens (including phenoxy) is 1. The SMILES string of the molecule is CCOC(=O)NC(Cc1ccc(C(F)(F)F)cc1)C(O)c1ccc(F)cc1. The number of carbonyl (C=O) groups is 1. The van der Waals surface area contributed by atoms with E-state index in [-0.39, 0.29) is 13.0 Å². The molecule has 0 saturated heterocycles. The van der Waals surface area contributed by atoms with E-state index < -0.39 is 35.8 Å². The van der Waals surface area contributed by atoms with E-state index in [9.17, 15) is 27.5 Å².